The summed E-state index contributed by atoms with van der Waals surface area (Å²) in [5.74, 6) is -0.0710. The molecule has 128 valence electrons. The van der Waals surface area contributed by atoms with E-state index in [4.69, 9.17) is 0 Å². The highest BCUT2D eigenvalue weighted by Crippen LogP contribution is 2.30. The molecule has 0 aliphatic heterocycles. The molecule has 4 heteroatoms. The predicted octanol–water partition coefficient (Wildman–Crippen LogP) is 3.19. The molecule has 1 heterocycles. The number of aromatic nitrogens is 1. The van der Waals surface area contributed by atoms with Gasteiger partial charge in [0.15, 0.2) is 0 Å². The summed E-state index contributed by atoms with van der Waals surface area (Å²) in [6.45, 7) is 4.80. The zero-order chi connectivity index (χ0) is 17.2. The maximum atomic E-state index is 12.8. The Labute approximate surface area is 143 Å². The monoisotopic (exact) mass is 326 g/mol. The van der Waals surface area contributed by atoms with Gasteiger partial charge in [0, 0.05) is 17.9 Å². The molecule has 0 unspecified atom stereocenters. The molecule has 1 saturated carbocycles. The molecule has 1 amide bonds. The molecule has 24 heavy (non-hydrogen) atoms. The first-order valence-corrected chi connectivity index (χ1v) is 8.69. The number of hydrogen-bond acceptors (Lipinski definition) is 2. The van der Waals surface area contributed by atoms with Crippen LogP contribution >= 0.6 is 0 Å². The van der Waals surface area contributed by atoms with Crippen LogP contribution < -0.4 is 5.32 Å². The van der Waals surface area contributed by atoms with Gasteiger partial charge >= 0.3 is 0 Å². The minimum atomic E-state index is -0.432. The molecule has 0 atom stereocenters. The maximum absolute atomic E-state index is 12.8. The van der Waals surface area contributed by atoms with Gasteiger partial charge in [0.2, 0.25) is 0 Å². The van der Waals surface area contributed by atoms with Crippen LogP contribution in [0.1, 0.15) is 53.0 Å². The zero-order valence-electron chi connectivity index (χ0n) is 14.5. The molecule has 0 saturated heterocycles. The van der Waals surface area contributed by atoms with Crippen molar-refractivity contribution >= 4 is 5.91 Å². The number of nitrogens with zero attached hydrogens (tertiary/aromatic N) is 1. The lowest BCUT2D eigenvalue weighted by Crippen LogP contribution is -2.49. The van der Waals surface area contributed by atoms with Crippen molar-refractivity contribution in [2.75, 3.05) is 6.61 Å². The number of nitrogens with one attached hydrogen (secondary N) is 1. The lowest BCUT2D eigenvalue weighted by atomic mass is 9.98. The van der Waals surface area contributed by atoms with Gasteiger partial charge in [0.1, 0.15) is 0 Å². The number of aliphatic hydroxyl groups excluding tert-OH is 1. The fourth-order valence-corrected chi connectivity index (χ4v) is 3.72. The summed E-state index contributed by atoms with van der Waals surface area (Å²) in [4.78, 5) is 12.8. The van der Waals surface area contributed by atoms with Crippen LogP contribution in [-0.4, -0.2) is 27.7 Å². The maximum Gasteiger partial charge on any atom is 0.253 e. The normalized spacial score (nSPS) is 16.3. The summed E-state index contributed by atoms with van der Waals surface area (Å²) >= 11 is 0. The fraction of sp³-hybridized carbons (Fsp3) is 0.450. The topological polar surface area (TPSA) is 54.3 Å². The molecule has 0 bridgehead atoms. The van der Waals surface area contributed by atoms with Crippen molar-refractivity contribution in [1.82, 2.24) is 9.88 Å². The highest BCUT2D eigenvalue weighted by Gasteiger charge is 2.35. The standard InChI is InChI=1S/C20H26N2O2/c1-15-12-18(19(24)21-20(14-23)10-6-7-11-20)16(2)22(15)13-17-8-4-3-5-9-17/h3-5,8-9,12,23H,6-7,10-11,13-14H2,1-2H3,(H,21,24). The van der Waals surface area contributed by atoms with E-state index >= 15 is 0 Å². The van der Waals surface area contributed by atoms with Crippen LogP contribution in [-0.2, 0) is 6.54 Å². The summed E-state index contributed by atoms with van der Waals surface area (Å²) in [5, 5.41) is 12.8. The molecule has 1 aromatic carbocycles. The largest absolute Gasteiger partial charge is 0.394 e. The minimum absolute atomic E-state index is 0.0154. The SMILES string of the molecule is Cc1cc(C(=O)NC2(CO)CCCC2)c(C)n1Cc1ccccc1. The second-order valence-electron chi connectivity index (χ2n) is 6.96. The van der Waals surface area contributed by atoms with E-state index in [1.165, 1.54) is 5.56 Å². The first kappa shape index (κ1) is 16.8. The number of aryl methyl sites for hydroxylation is 1. The Bertz CT molecular complexity index is 713. The molecular formula is C20H26N2O2. The van der Waals surface area contributed by atoms with E-state index in [0.717, 1.165) is 43.6 Å². The van der Waals surface area contributed by atoms with Gasteiger partial charge in [-0.3, -0.25) is 4.79 Å². The molecule has 1 aliphatic carbocycles. The number of aliphatic hydroxyl groups is 1. The van der Waals surface area contributed by atoms with Gasteiger partial charge in [-0.2, -0.15) is 0 Å². The molecule has 1 fully saturated rings. The Balaban J connectivity index is 1.81. The minimum Gasteiger partial charge on any atom is -0.394 e. The van der Waals surface area contributed by atoms with Crippen LogP contribution in [0, 0.1) is 13.8 Å². The number of amides is 1. The van der Waals surface area contributed by atoms with Gasteiger partial charge in [-0.05, 0) is 38.3 Å². The molecule has 2 aromatic rings. The molecule has 1 aliphatic rings. The van der Waals surface area contributed by atoms with Gasteiger partial charge in [0.25, 0.3) is 5.91 Å². The van der Waals surface area contributed by atoms with Crippen molar-refractivity contribution in [2.45, 2.75) is 51.6 Å². The zero-order valence-corrected chi connectivity index (χ0v) is 14.5. The third-order valence-electron chi connectivity index (χ3n) is 5.24. The summed E-state index contributed by atoms with van der Waals surface area (Å²) < 4.78 is 2.17. The second-order valence-corrected chi connectivity index (χ2v) is 6.96. The molecule has 4 nitrogen and oxygen atoms in total. The Morgan fingerprint density at radius 3 is 2.50 bits per heavy atom. The molecular weight excluding hydrogens is 300 g/mol. The summed E-state index contributed by atoms with van der Waals surface area (Å²) in [6.07, 6.45) is 3.84. The molecule has 1 aromatic heterocycles. The second kappa shape index (κ2) is 6.81. The van der Waals surface area contributed by atoms with Gasteiger partial charge in [-0.25, -0.2) is 0 Å². The van der Waals surface area contributed by atoms with Crippen molar-refractivity contribution in [3.63, 3.8) is 0 Å². The third-order valence-corrected chi connectivity index (χ3v) is 5.24. The van der Waals surface area contributed by atoms with Crippen molar-refractivity contribution in [3.05, 3.63) is 58.9 Å². The highest BCUT2D eigenvalue weighted by molar-refractivity contribution is 5.96. The number of carbonyl (C=O) groups is 1. The number of benzene rings is 1. The van der Waals surface area contributed by atoms with Crippen molar-refractivity contribution < 1.29 is 9.90 Å². The molecule has 3 rings (SSSR count). The lowest BCUT2D eigenvalue weighted by molar-refractivity contribution is 0.0838. The van der Waals surface area contributed by atoms with Crippen LogP contribution in [0.4, 0.5) is 0 Å². The van der Waals surface area contributed by atoms with E-state index in [-0.39, 0.29) is 12.5 Å². The van der Waals surface area contributed by atoms with Crippen LogP contribution in [0.2, 0.25) is 0 Å². The van der Waals surface area contributed by atoms with Crippen molar-refractivity contribution in [2.24, 2.45) is 0 Å². The Hall–Kier alpha value is -2.07. The average molecular weight is 326 g/mol. The van der Waals surface area contributed by atoms with E-state index in [1.807, 2.05) is 38.1 Å². The van der Waals surface area contributed by atoms with Crippen LogP contribution in [0.5, 0.6) is 0 Å². The lowest BCUT2D eigenvalue weighted by Gasteiger charge is -2.28. The van der Waals surface area contributed by atoms with Crippen LogP contribution in [0.3, 0.4) is 0 Å². The van der Waals surface area contributed by atoms with Gasteiger partial charge in [-0.15, -0.1) is 0 Å². The third kappa shape index (κ3) is 3.24. The number of carbonyl (C=O) groups excluding carboxylic acids is 1. The van der Waals surface area contributed by atoms with Crippen LogP contribution in [0.25, 0.3) is 0 Å². The van der Waals surface area contributed by atoms with Crippen LogP contribution in [0.15, 0.2) is 36.4 Å². The Morgan fingerprint density at radius 2 is 1.88 bits per heavy atom. The Morgan fingerprint density at radius 1 is 1.21 bits per heavy atom. The van der Waals surface area contributed by atoms with E-state index in [1.54, 1.807) is 0 Å². The van der Waals surface area contributed by atoms with E-state index in [0.29, 0.717) is 5.56 Å². The fourth-order valence-electron chi connectivity index (χ4n) is 3.72. The molecule has 0 spiro atoms. The number of rotatable bonds is 5. The first-order chi connectivity index (χ1) is 11.5. The van der Waals surface area contributed by atoms with E-state index in [2.05, 4.69) is 22.0 Å². The van der Waals surface area contributed by atoms with Crippen molar-refractivity contribution in [1.29, 1.82) is 0 Å². The quantitative estimate of drug-likeness (QED) is 0.886. The summed E-state index contributed by atoms with van der Waals surface area (Å²) in [7, 11) is 0. The van der Waals surface area contributed by atoms with Gasteiger partial charge in [-0.1, -0.05) is 43.2 Å². The number of hydrogen-bond donors (Lipinski definition) is 2. The summed E-state index contributed by atoms with van der Waals surface area (Å²) in [5.41, 5.74) is 3.54. The van der Waals surface area contributed by atoms with E-state index in [9.17, 15) is 9.90 Å². The van der Waals surface area contributed by atoms with Gasteiger partial charge in [0.05, 0.1) is 17.7 Å². The molecule has 2 N–H and O–H groups in total. The Kier molecular flexibility index (Phi) is 4.76. The van der Waals surface area contributed by atoms with Crippen molar-refractivity contribution in [3.8, 4) is 0 Å². The van der Waals surface area contributed by atoms with Gasteiger partial charge < -0.3 is 15.0 Å². The highest BCUT2D eigenvalue weighted by atomic mass is 16.3. The first-order valence-electron chi connectivity index (χ1n) is 8.69. The molecule has 0 radical (unpaired) electrons. The van der Waals surface area contributed by atoms with E-state index < -0.39 is 5.54 Å². The summed E-state index contributed by atoms with van der Waals surface area (Å²) in [6, 6.07) is 12.2. The average Bonchev–Trinajstić information content (AvgIpc) is 3.16. The smallest absolute Gasteiger partial charge is 0.253 e. The predicted molar refractivity (Wildman–Crippen MR) is 95.2 cm³/mol.